The summed E-state index contributed by atoms with van der Waals surface area (Å²) in [6.45, 7) is 1.41. The molecule has 1 aromatic carbocycles. The lowest BCUT2D eigenvalue weighted by Gasteiger charge is -2.19. The lowest BCUT2D eigenvalue weighted by molar-refractivity contribution is -0.121. The molecule has 2 N–H and O–H groups in total. The zero-order chi connectivity index (χ0) is 15.8. The number of benzene rings is 1. The maximum atomic E-state index is 11.5. The van der Waals surface area contributed by atoms with Gasteiger partial charge in [0, 0.05) is 29.4 Å². The van der Waals surface area contributed by atoms with Crippen LogP contribution in [-0.2, 0) is 4.79 Å². The van der Waals surface area contributed by atoms with Crippen LogP contribution >= 0.6 is 11.3 Å². The highest BCUT2D eigenvalue weighted by Crippen LogP contribution is 2.31. The molecular formula is C17H16N4OS. The number of nitrogens with zero attached hydrogens (tertiary/aromatic N) is 3. The molecule has 0 unspecified atom stereocenters. The molecule has 23 heavy (non-hydrogen) atoms. The van der Waals surface area contributed by atoms with Crippen molar-refractivity contribution < 1.29 is 4.79 Å². The highest BCUT2D eigenvalue weighted by atomic mass is 32.1. The molecule has 5 nitrogen and oxygen atoms in total. The normalized spacial score (nSPS) is 17.7. The van der Waals surface area contributed by atoms with E-state index in [1.807, 2.05) is 41.1 Å². The van der Waals surface area contributed by atoms with E-state index in [-0.39, 0.29) is 11.8 Å². The van der Waals surface area contributed by atoms with Crippen LogP contribution in [0.25, 0.3) is 22.3 Å². The number of aromatic nitrogens is 2. The van der Waals surface area contributed by atoms with Gasteiger partial charge in [0.15, 0.2) is 5.82 Å². The van der Waals surface area contributed by atoms with Crippen LogP contribution in [0.3, 0.4) is 0 Å². The van der Waals surface area contributed by atoms with E-state index in [1.54, 1.807) is 11.3 Å². The number of carbonyl (C=O) groups is 1. The molecule has 6 heteroatoms. The van der Waals surface area contributed by atoms with Gasteiger partial charge in [-0.2, -0.15) is 11.3 Å². The molecule has 3 aromatic rings. The Labute approximate surface area is 137 Å². The Morgan fingerprint density at radius 3 is 2.87 bits per heavy atom. The summed E-state index contributed by atoms with van der Waals surface area (Å²) >= 11 is 1.63. The van der Waals surface area contributed by atoms with E-state index in [0.29, 0.717) is 6.54 Å². The summed E-state index contributed by atoms with van der Waals surface area (Å²) in [7, 11) is 0. The molecule has 1 saturated heterocycles. The first-order valence-corrected chi connectivity index (χ1v) is 8.50. The van der Waals surface area contributed by atoms with Crippen molar-refractivity contribution in [3.8, 4) is 11.4 Å². The van der Waals surface area contributed by atoms with Crippen LogP contribution in [0, 0.1) is 5.92 Å². The second-order valence-electron chi connectivity index (χ2n) is 5.73. The van der Waals surface area contributed by atoms with E-state index < -0.39 is 0 Å². The first-order chi connectivity index (χ1) is 11.2. The largest absolute Gasteiger partial charge is 0.369 e. The van der Waals surface area contributed by atoms with Gasteiger partial charge in [-0.25, -0.2) is 9.97 Å². The van der Waals surface area contributed by atoms with Gasteiger partial charge in [-0.05, 0) is 30.0 Å². The first-order valence-electron chi connectivity index (χ1n) is 7.56. The van der Waals surface area contributed by atoms with Crippen molar-refractivity contribution >= 4 is 34.0 Å². The van der Waals surface area contributed by atoms with E-state index in [0.717, 1.165) is 41.1 Å². The Balaban J connectivity index is 1.83. The van der Waals surface area contributed by atoms with Gasteiger partial charge in [-0.15, -0.1) is 0 Å². The SMILES string of the molecule is NC(=O)[C@H]1CCN(c2nc(-c3ccsc3)nc3ccccc23)C1. The number of primary amides is 1. The molecule has 1 amide bonds. The van der Waals surface area contributed by atoms with Crippen molar-refractivity contribution in [1.82, 2.24) is 9.97 Å². The van der Waals surface area contributed by atoms with Crippen LogP contribution in [0.4, 0.5) is 5.82 Å². The fourth-order valence-electron chi connectivity index (χ4n) is 3.01. The Hall–Kier alpha value is -2.47. The minimum absolute atomic E-state index is 0.103. The number of rotatable bonds is 3. The van der Waals surface area contributed by atoms with Crippen LogP contribution in [-0.4, -0.2) is 29.0 Å². The molecule has 1 aliphatic heterocycles. The van der Waals surface area contributed by atoms with Crippen molar-refractivity contribution in [2.24, 2.45) is 11.7 Å². The number of fused-ring (bicyclic) bond motifs is 1. The lowest BCUT2D eigenvalue weighted by Crippen LogP contribution is -2.28. The number of nitrogens with two attached hydrogens (primary N) is 1. The van der Waals surface area contributed by atoms with Gasteiger partial charge < -0.3 is 10.6 Å². The van der Waals surface area contributed by atoms with E-state index in [9.17, 15) is 4.79 Å². The lowest BCUT2D eigenvalue weighted by atomic mass is 10.1. The monoisotopic (exact) mass is 324 g/mol. The standard InChI is InChI=1S/C17H16N4OS/c18-15(22)11-5-7-21(9-11)17-13-3-1-2-4-14(13)19-16(20-17)12-6-8-23-10-12/h1-4,6,8,10-11H,5,7,9H2,(H2,18,22)/t11-/m0/s1. The molecule has 0 aliphatic carbocycles. The summed E-state index contributed by atoms with van der Waals surface area (Å²) in [4.78, 5) is 23.1. The Morgan fingerprint density at radius 1 is 1.26 bits per heavy atom. The van der Waals surface area contributed by atoms with Gasteiger partial charge in [0.1, 0.15) is 5.82 Å². The minimum Gasteiger partial charge on any atom is -0.369 e. The summed E-state index contributed by atoms with van der Waals surface area (Å²) < 4.78 is 0. The number of anilines is 1. The molecule has 1 aliphatic rings. The molecule has 0 spiro atoms. The second kappa shape index (κ2) is 5.62. The second-order valence-corrected chi connectivity index (χ2v) is 6.51. The first kappa shape index (κ1) is 14.1. The quantitative estimate of drug-likeness (QED) is 0.804. The van der Waals surface area contributed by atoms with Crippen LogP contribution < -0.4 is 10.6 Å². The summed E-state index contributed by atoms with van der Waals surface area (Å²) in [5.41, 5.74) is 7.40. The minimum atomic E-state index is -0.232. The maximum absolute atomic E-state index is 11.5. The molecular weight excluding hydrogens is 308 g/mol. The van der Waals surface area contributed by atoms with E-state index in [4.69, 9.17) is 10.7 Å². The summed E-state index contributed by atoms with van der Waals surface area (Å²) in [6, 6.07) is 10.0. The molecule has 0 radical (unpaired) electrons. The number of carbonyl (C=O) groups excluding carboxylic acids is 1. The van der Waals surface area contributed by atoms with Gasteiger partial charge in [0.25, 0.3) is 0 Å². The molecule has 4 rings (SSSR count). The van der Waals surface area contributed by atoms with Crippen molar-refractivity contribution in [2.75, 3.05) is 18.0 Å². The van der Waals surface area contributed by atoms with Crippen LogP contribution in [0.2, 0.25) is 0 Å². The van der Waals surface area contributed by atoms with Gasteiger partial charge in [-0.3, -0.25) is 4.79 Å². The molecule has 0 bridgehead atoms. The van der Waals surface area contributed by atoms with Crippen LogP contribution in [0.1, 0.15) is 6.42 Å². The number of hydrogen-bond donors (Lipinski definition) is 1. The molecule has 0 saturated carbocycles. The molecule has 1 fully saturated rings. The third-order valence-corrected chi connectivity index (χ3v) is 4.94. The molecule has 3 heterocycles. The smallest absolute Gasteiger partial charge is 0.222 e. The van der Waals surface area contributed by atoms with E-state index in [1.165, 1.54) is 0 Å². The van der Waals surface area contributed by atoms with Crippen molar-refractivity contribution in [2.45, 2.75) is 6.42 Å². The van der Waals surface area contributed by atoms with Gasteiger partial charge >= 0.3 is 0 Å². The van der Waals surface area contributed by atoms with Crippen LogP contribution in [0.15, 0.2) is 41.1 Å². The average Bonchev–Trinajstić information content (AvgIpc) is 3.25. The average molecular weight is 324 g/mol. The number of amides is 1. The van der Waals surface area contributed by atoms with E-state index >= 15 is 0 Å². The summed E-state index contributed by atoms with van der Waals surface area (Å²) in [5.74, 6) is 1.28. The van der Waals surface area contributed by atoms with Crippen molar-refractivity contribution in [3.05, 3.63) is 41.1 Å². The van der Waals surface area contributed by atoms with Crippen molar-refractivity contribution in [3.63, 3.8) is 0 Å². The van der Waals surface area contributed by atoms with Crippen molar-refractivity contribution in [1.29, 1.82) is 0 Å². The zero-order valence-corrected chi connectivity index (χ0v) is 13.3. The topological polar surface area (TPSA) is 72.1 Å². The third-order valence-electron chi connectivity index (χ3n) is 4.25. The van der Waals surface area contributed by atoms with Gasteiger partial charge in [-0.1, -0.05) is 12.1 Å². The summed E-state index contributed by atoms with van der Waals surface area (Å²) in [6.07, 6.45) is 0.779. The van der Waals surface area contributed by atoms with E-state index in [2.05, 4.69) is 9.88 Å². The predicted octanol–water partition coefficient (Wildman–Crippen LogP) is 2.67. The molecule has 116 valence electrons. The molecule has 1 atom stereocenters. The Morgan fingerprint density at radius 2 is 2.13 bits per heavy atom. The molecule has 2 aromatic heterocycles. The number of hydrogen-bond acceptors (Lipinski definition) is 5. The Kier molecular flexibility index (Phi) is 3.46. The van der Waals surface area contributed by atoms with Crippen LogP contribution in [0.5, 0.6) is 0 Å². The highest BCUT2D eigenvalue weighted by molar-refractivity contribution is 7.08. The fraction of sp³-hybridized carbons (Fsp3) is 0.235. The Bertz CT molecular complexity index is 862. The maximum Gasteiger partial charge on any atom is 0.222 e. The van der Waals surface area contributed by atoms with Gasteiger partial charge in [0.2, 0.25) is 5.91 Å². The number of para-hydroxylation sites is 1. The fourth-order valence-corrected chi connectivity index (χ4v) is 3.64. The highest BCUT2D eigenvalue weighted by Gasteiger charge is 2.28. The van der Waals surface area contributed by atoms with Gasteiger partial charge in [0.05, 0.1) is 11.4 Å². The number of thiophene rings is 1. The summed E-state index contributed by atoms with van der Waals surface area (Å²) in [5, 5.41) is 5.08. The predicted molar refractivity (Wildman–Crippen MR) is 92.4 cm³/mol. The zero-order valence-electron chi connectivity index (χ0n) is 12.5. The third kappa shape index (κ3) is 2.55.